The van der Waals surface area contributed by atoms with Crippen molar-refractivity contribution in [2.75, 3.05) is 13.1 Å². The van der Waals surface area contributed by atoms with Gasteiger partial charge in [0.2, 0.25) is 0 Å². The molecule has 2 unspecified atom stereocenters. The number of thiophene rings is 1. The second-order valence-electron chi connectivity index (χ2n) is 6.10. The molecule has 2 atom stereocenters. The van der Waals surface area contributed by atoms with Crippen LogP contribution in [0.25, 0.3) is 0 Å². The third-order valence-electron chi connectivity index (χ3n) is 3.95. The van der Waals surface area contributed by atoms with E-state index in [-0.39, 0.29) is 18.6 Å². The van der Waals surface area contributed by atoms with E-state index in [1.807, 2.05) is 6.92 Å². The molecular formula is C15H22N2O3S. The first-order valence-electron chi connectivity index (χ1n) is 7.14. The summed E-state index contributed by atoms with van der Waals surface area (Å²) in [6.45, 7) is 6.51. The van der Waals surface area contributed by atoms with Crippen LogP contribution in [0.2, 0.25) is 0 Å². The number of carbonyl (C=O) groups is 2. The van der Waals surface area contributed by atoms with Gasteiger partial charge in [-0.1, -0.05) is 0 Å². The van der Waals surface area contributed by atoms with E-state index in [0.717, 1.165) is 6.42 Å². The Morgan fingerprint density at radius 1 is 1.52 bits per heavy atom. The summed E-state index contributed by atoms with van der Waals surface area (Å²) in [6.07, 6.45) is 1.31. The number of carboxylic acid groups (broad SMARTS) is 1. The fourth-order valence-corrected chi connectivity index (χ4v) is 3.58. The number of aryl methyl sites for hydroxylation is 1. The number of hydrogen-bond acceptors (Lipinski definition) is 3. The zero-order valence-corrected chi connectivity index (χ0v) is 13.5. The summed E-state index contributed by atoms with van der Waals surface area (Å²) in [5, 5.41) is 12.2. The Labute approximate surface area is 129 Å². The van der Waals surface area contributed by atoms with E-state index in [0.29, 0.717) is 13.0 Å². The summed E-state index contributed by atoms with van der Waals surface area (Å²) in [5.74, 6) is -0.833. The fourth-order valence-electron chi connectivity index (χ4n) is 2.56. The first kappa shape index (κ1) is 15.8. The van der Waals surface area contributed by atoms with Crippen LogP contribution in [0.4, 0.5) is 4.79 Å². The van der Waals surface area contributed by atoms with E-state index in [1.54, 1.807) is 23.2 Å². The fraction of sp³-hybridized carbons (Fsp3) is 0.600. The third kappa shape index (κ3) is 3.75. The minimum atomic E-state index is -0.833. The van der Waals surface area contributed by atoms with Crippen LogP contribution < -0.4 is 5.32 Å². The predicted molar refractivity (Wildman–Crippen MR) is 82.7 cm³/mol. The Balaban J connectivity index is 1.86. The van der Waals surface area contributed by atoms with Crippen LogP contribution in [0.5, 0.6) is 0 Å². The van der Waals surface area contributed by atoms with Gasteiger partial charge in [-0.15, -0.1) is 11.3 Å². The van der Waals surface area contributed by atoms with E-state index in [2.05, 4.69) is 24.4 Å². The van der Waals surface area contributed by atoms with Crippen LogP contribution >= 0.6 is 11.3 Å². The number of carboxylic acids is 1. The van der Waals surface area contributed by atoms with Crippen LogP contribution in [-0.2, 0) is 11.2 Å². The molecule has 2 N–H and O–H groups in total. The minimum absolute atomic E-state index is 0.0345. The molecule has 0 aliphatic carbocycles. The number of urea groups is 1. The summed E-state index contributed by atoms with van der Waals surface area (Å²) >= 11 is 1.74. The van der Waals surface area contributed by atoms with Gasteiger partial charge in [-0.05, 0) is 39.3 Å². The number of hydrogen-bond donors (Lipinski definition) is 2. The third-order valence-corrected chi connectivity index (χ3v) is 4.97. The summed E-state index contributed by atoms with van der Waals surface area (Å²) in [4.78, 5) is 27.5. The summed E-state index contributed by atoms with van der Waals surface area (Å²) in [5.41, 5.74) is -0.814. The molecule has 2 heterocycles. The number of rotatable bonds is 4. The monoisotopic (exact) mass is 310 g/mol. The molecule has 0 radical (unpaired) electrons. The second-order valence-corrected chi connectivity index (χ2v) is 7.48. The topological polar surface area (TPSA) is 69.6 Å². The van der Waals surface area contributed by atoms with Crippen molar-refractivity contribution in [1.82, 2.24) is 10.2 Å². The smallest absolute Gasteiger partial charge is 0.317 e. The lowest BCUT2D eigenvalue weighted by Gasteiger charge is -2.22. The van der Waals surface area contributed by atoms with Gasteiger partial charge in [0, 0.05) is 35.3 Å². The first-order chi connectivity index (χ1) is 9.80. The van der Waals surface area contributed by atoms with Gasteiger partial charge in [0.15, 0.2) is 0 Å². The summed E-state index contributed by atoms with van der Waals surface area (Å²) < 4.78 is 0. The Hall–Kier alpha value is -1.56. The van der Waals surface area contributed by atoms with Crippen LogP contribution in [0, 0.1) is 12.3 Å². The highest BCUT2D eigenvalue weighted by molar-refractivity contribution is 7.11. The average molecular weight is 310 g/mol. The molecule has 1 fully saturated rings. The average Bonchev–Trinajstić information content (AvgIpc) is 2.97. The number of amides is 2. The Morgan fingerprint density at radius 3 is 2.76 bits per heavy atom. The van der Waals surface area contributed by atoms with E-state index in [9.17, 15) is 14.7 Å². The van der Waals surface area contributed by atoms with Crippen molar-refractivity contribution in [1.29, 1.82) is 0 Å². The van der Waals surface area contributed by atoms with Crippen molar-refractivity contribution in [2.45, 2.75) is 39.7 Å². The lowest BCUT2D eigenvalue weighted by molar-refractivity contribution is -0.146. The molecule has 1 saturated heterocycles. The van der Waals surface area contributed by atoms with E-state index >= 15 is 0 Å². The highest BCUT2D eigenvalue weighted by atomic mass is 32.1. The highest BCUT2D eigenvalue weighted by Crippen LogP contribution is 2.30. The maximum absolute atomic E-state index is 12.2. The largest absolute Gasteiger partial charge is 0.481 e. The molecule has 1 aromatic heterocycles. The molecular weight excluding hydrogens is 288 g/mol. The lowest BCUT2D eigenvalue weighted by Crippen LogP contribution is -2.44. The number of aliphatic carboxylic acids is 1. The molecule has 116 valence electrons. The van der Waals surface area contributed by atoms with Gasteiger partial charge in [-0.2, -0.15) is 0 Å². The molecule has 0 spiro atoms. The van der Waals surface area contributed by atoms with Crippen LogP contribution in [0.15, 0.2) is 12.1 Å². The molecule has 21 heavy (non-hydrogen) atoms. The van der Waals surface area contributed by atoms with Crippen molar-refractivity contribution in [3.8, 4) is 0 Å². The first-order valence-corrected chi connectivity index (χ1v) is 7.96. The van der Waals surface area contributed by atoms with E-state index in [1.165, 1.54) is 9.75 Å². The van der Waals surface area contributed by atoms with Crippen molar-refractivity contribution in [3.63, 3.8) is 0 Å². The van der Waals surface area contributed by atoms with Gasteiger partial charge in [-0.3, -0.25) is 4.79 Å². The number of likely N-dealkylation sites (tertiary alicyclic amines) is 1. The van der Waals surface area contributed by atoms with E-state index < -0.39 is 11.4 Å². The highest BCUT2D eigenvalue weighted by Gasteiger charge is 2.42. The van der Waals surface area contributed by atoms with Crippen molar-refractivity contribution in [2.24, 2.45) is 5.41 Å². The zero-order chi connectivity index (χ0) is 15.6. The lowest BCUT2D eigenvalue weighted by atomic mass is 9.90. The minimum Gasteiger partial charge on any atom is -0.481 e. The Bertz CT molecular complexity index is 543. The van der Waals surface area contributed by atoms with Crippen LogP contribution in [-0.4, -0.2) is 41.1 Å². The molecule has 2 amide bonds. The van der Waals surface area contributed by atoms with Crippen molar-refractivity contribution >= 4 is 23.3 Å². The summed E-state index contributed by atoms with van der Waals surface area (Å²) in [7, 11) is 0. The number of nitrogens with one attached hydrogen (secondary N) is 1. The van der Waals surface area contributed by atoms with Crippen LogP contribution in [0.1, 0.15) is 30.0 Å². The maximum atomic E-state index is 12.2. The Morgan fingerprint density at radius 2 is 2.24 bits per heavy atom. The molecule has 2 rings (SSSR count). The van der Waals surface area contributed by atoms with Gasteiger partial charge < -0.3 is 15.3 Å². The van der Waals surface area contributed by atoms with Gasteiger partial charge in [0.1, 0.15) is 0 Å². The van der Waals surface area contributed by atoms with Crippen molar-refractivity contribution in [3.05, 3.63) is 21.9 Å². The second kappa shape index (κ2) is 6.05. The molecule has 1 aromatic rings. The number of nitrogens with zero attached hydrogens (tertiary/aromatic N) is 1. The molecule has 1 aliphatic rings. The van der Waals surface area contributed by atoms with Gasteiger partial charge in [0.25, 0.3) is 0 Å². The zero-order valence-electron chi connectivity index (χ0n) is 12.7. The molecule has 5 nitrogen and oxygen atoms in total. The number of carbonyl (C=O) groups excluding carboxylic acids is 1. The summed E-state index contributed by atoms with van der Waals surface area (Å²) in [6, 6.07) is 4.03. The Kier molecular flexibility index (Phi) is 4.56. The quantitative estimate of drug-likeness (QED) is 0.897. The molecule has 1 aliphatic heterocycles. The van der Waals surface area contributed by atoms with Gasteiger partial charge >= 0.3 is 12.0 Å². The molecule has 0 aromatic carbocycles. The molecule has 6 heteroatoms. The maximum Gasteiger partial charge on any atom is 0.317 e. The molecule has 0 saturated carbocycles. The van der Waals surface area contributed by atoms with Gasteiger partial charge in [0.05, 0.1) is 5.41 Å². The van der Waals surface area contributed by atoms with E-state index in [4.69, 9.17) is 0 Å². The van der Waals surface area contributed by atoms with Crippen LogP contribution in [0.3, 0.4) is 0 Å². The van der Waals surface area contributed by atoms with Crippen molar-refractivity contribution < 1.29 is 14.7 Å². The normalized spacial score (nSPS) is 23.1. The molecule has 0 bridgehead atoms. The standard InChI is InChI=1S/C15H22N2O3S/c1-10(8-12-5-4-11(2)21-12)16-14(20)17-7-6-15(3,9-17)13(18)19/h4-5,10H,6-9H2,1-3H3,(H,16,20)(H,18,19). The van der Waals surface area contributed by atoms with Gasteiger partial charge in [-0.25, -0.2) is 4.79 Å². The predicted octanol–water partition coefficient (Wildman–Crippen LogP) is 2.49. The SMILES string of the molecule is Cc1ccc(CC(C)NC(=O)N2CCC(C)(C(=O)O)C2)s1.